The Balaban J connectivity index is 1.30. The van der Waals surface area contributed by atoms with Crippen molar-refractivity contribution in [2.75, 3.05) is 24.1 Å². The number of piperidine rings is 1. The van der Waals surface area contributed by atoms with Gasteiger partial charge in [0.15, 0.2) is 5.82 Å². The van der Waals surface area contributed by atoms with Gasteiger partial charge in [-0.15, -0.1) is 0 Å². The Bertz CT molecular complexity index is 1410. The van der Waals surface area contributed by atoms with Crippen LogP contribution in [-0.2, 0) is 10.2 Å². The van der Waals surface area contributed by atoms with Gasteiger partial charge in [0, 0.05) is 27.9 Å². The van der Waals surface area contributed by atoms with Gasteiger partial charge >= 0.3 is 0 Å². The highest BCUT2D eigenvalue weighted by molar-refractivity contribution is 6.36. The molecule has 3 aliphatic rings. The summed E-state index contributed by atoms with van der Waals surface area (Å²) in [6.45, 7) is 3.53. The van der Waals surface area contributed by atoms with Gasteiger partial charge in [-0.3, -0.25) is 4.79 Å². The number of fused-ring (bicyclic) bond motifs is 2. The number of aromatic nitrogens is 2. The molecule has 3 heterocycles. The quantitative estimate of drug-likeness (QED) is 0.399. The molecule has 1 amide bonds. The number of rotatable bonds is 5. The van der Waals surface area contributed by atoms with Crippen molar-refractivity contribution in [1.29, 1.82) is 0 Å². The molecule has 1 saturated heterocycles. The normalized spacial score (nSPS) is 19.5. The Morgan fingerprint density at radius 2 is 1.97 bits per heavy atom. The van der Waals surface area contributed by atoms with Crippen molar-refractivity contribution in [3.05, 3.63) is 63.5 Å². The number of hydrogen-bond acceptors (Lipinski definition) is 6. The Morgan fingerprint density at radius 1 is 1.22 bits per heavy atom. The van der Waals surface area contributed by atoms with Crippen molar-refractivity contribution in [2.45, 2.75) is 50.2 Å². The number of nitrogen functional groups attached to an aromatic ring is 1. The Hall–Kier alpha value is -2.94. The van der Waals surface area contributed by atoms with Crippen LogP contribution in [0.3, 0.4) is 0 Å². The molecule has 1 spiro atoms. The highest BCUT2D eigenvalue weighted by Crippen LogP contribution is 2.47. The molecule has 7 nitrogen and oxygen atoms in total. The number of carbonyl (C=O) groups excluding carboxylic acids is 1. The third-order valence-corrected chi connectivity index (χ3v) is 8.48. The lowest BCUT2D eigenvalue weighted by atomic mass is 9.73. The van der Waals surface area contributed by atoms with E-state index in [1.165, 1.54) is 25.0 Å². The van der Waals surface area contributed by atoms with E-state index in [0.717, 1.165) is 42.7 Å². The maximum atomic E-state index is 14.0. The zero-order valence-corrected chi connectivity index (χ0v) is 21.7. The van der Waals surface area contributed by atoms with Gasteiger partial charge in [0.25, 0.3) is 5.88 Å². The van der Waals surface area contributed by atoms with Crippen molar-refractivity contribution in [3.8, 4) is 17.1 Å². The number of halogens is 3. The van der Waals surface area contributed by atoms with Crippen molar-refractivity contribution in [1.82, 2.24) is 14.9 Å². The summed E-state index contributed by atoms with van der Waals surface area (Å²) < 4.78 is 20.0. The zero-order valence-electron chi connectivity index (χ0n) is 20.2. The molecule has 0 radical (unpaired) electrons. The molecule has 2 aliphatic heterocycles. The van der Waals surface area contributed by atoms with Gasteiger partial charge in [0.1, 0.15) is 11.9 Å². The van der Waals surface area contributed by atoms with E-state index in [1.54, 1.807) is 13.1 Å². The topological polar surface area (TPSA) is 93.4 Å². The van der Waals surface area contributed by atoms with Crippen LogP contribution < -0.4 is 15.8 Å². The SMILES string of the molecule is C[C@@H](Oc1nc(-c2ccc3c(c2)C2(CCN(C4CC4)CC2)C(=O)N3)cnc1N)c1c(Cl)ccc(F)c1Cl. The summed E-state index contributed by atoms with van der Waals surface area (Å²) in [5, 5.41) is 3.24. The van der Waals surface area contributed by atoms with E-state index in [9.17, 15) is 9.18 Å². The minimum atomic E-state index is -0.732. The second kappa shape index (κ2) is 9.11. The van der Waals surface area contributed by atoms with Crippen molar-refractivity contribution in [3.63, 3.8) is 0 Å². The molecule has 192 valence electrons. The second-order valence-electron chi connectivity index (χ2n) is 10.0. The molecule has 6 rings (SSSR count). The minimum absolute atomic E-state index is 0.0696. The number of carbonyl (C=O) groups is 1. The molecule has 1 aliphatic carbocycles. The van der Waals surface area contributed by atoms with Crippen LogP contribution in [0.4, 0.5) is 15.9 Å². The summed E-state index contributed by atoms with van der Waals surface area (Å²) in [4.78, 5) is 24.5. The van der Waals surface area contributed by atoms with E-state index < -0.39 is 17.3 Å². The van der Waals surface area contributed by atoms with Gasteiger partial charge in [-0.25, -0.2) is 14.4 Å². The monoisotopic (exact) mass is 541 g/mol. The highest BCUT2D eigenvalue weighted by atomic mass is 35.5. The number of nitrogens with two attached hydrogens (primary N) is 1. The van der Waals surface area contributed by atoms with Gasteiger partial charge in [0.05, 0.1) is 22.3 Å². The number of nitrogens with one attached hydrogen (secondary N) is 1. The predicted molar refractivity (Wildman–Crippen MR) is 141 cm³/mol. The van der Waals surface area contributed by atoms with Crippen molar-refractivity contribution in [2.24, 2.45) is 0 Å². The van der Waals surface area contributed by atoms with Crippen molar-refractivity contribution >= 4 is 40.6 Å². The number of nitrogens with zero attached hydrogens (tertiary/aromatic N) is 3. The summed E-state index contributed by atoms with van der Waals surface area (Å²) >= 11 is 12.4. The molecule has 3 aromatic rings. The number of hydrogen-bond donors (Lipinski definition) is 2. The van der Waals surface area contributed by atoms with E-state index >= 15 is 0 Å². The molecule has 1 atom stereocenters. The first-order chi connectivity index (χ1) is 17.8. The molecule has 1 aromatic heterocycles. The lowest BCUT2D eigenvalue weighted by molar-refractivity contribution is -0.122. The molecule has 2 fully saturated rings. The first-order valence-electron chi connectivity index (χ1n) is 12.4. The zero-order chi connectivity index (χ0) is 25.9. The molecule has 1 saturated carbocycles. The molecule has 0 unspecified atom stereocenters. The number of likely N-dealkylation sites (tertiary alicyclic amines) is 1. The Morgan fingerprint density at radius 3 is 2.70 bits per heavy atom. The van der Waals surface area contributed by atoms with E-state index in [2.05, 4.69) is 20.2 Å². The maximum absolute atomic E-state index is 14.0. The van der Waals surface area contributed by atoms with Gasteiger partial charge < -0.3 is 20.7 Å². The number of benzene rings is 2. The summed E-state index contributed by atoms with van der Waals surface area (Å²) in [5.41, 5.74) is 9.02. The molecule has 3 N–H and O–H groups in total. The van der Waals surface area contributed by atoms with Crippen LogP contribution in [0.15, 0.2) is 36.5 Å². The molecular weight excluding hydrogens is 516 g/mol. The molecule has 10 heteroatoms. The molecule has 2 aromatic carbocycles. The van der Waals surface area contributed by atoms with Gasteiger partial charge in [-0.05, 0) is 75.5 Å². The predicted octanol–water partition coefficient (Wildman–Crippen LogP) is 5.76. The maximum Gasteiger partial charge on any atom is 0.258 e. The van der Waals surface area contributed by atoms with E-state index in [4.69, 9.17) is 33.7 Å². The van der Waals surface area contributed by atoms with Crippen molar-refractivity contribution < 1.29 is 13.9 Å². The number of amides is 1. The van der Waals surface area contributed by atoms with Crippen LogP contribution in [-0.4, -0.2) is 39.9 Å². The number of anilines is 2. The van der Waals surface area contributed by atoms with Crippen LogP contribution in [0.1, 0.15) is 49.8 Å². The van der Waals surface area contributed by atoms with Crippen LogP contribution in [0, 0.1) is 5.82 Å². The fourth-order valence-corrected chi connectivity index (χ4v) is 6.21. The second-order valence-corrected chi connectivity index (χ2v) is 10.8. The average Bonchev–Trinajstić information content (AvgIpc) is 3.70. The summed E-state index contributed by atoms with van der Waals surface area (Å²) in [6, 6.07) is 9.15. The number of ether oxygens (including phenoxy) is 1. The van der Waals surface area contributed by atoms with Gasteiger partial charge in [-0.1, -0.05) is 29.3 Å². The third-order valence-electron chi connectivity index (χ3n) is 7.77. The lowest BCUT2D eigenvalue weighted by Gasteiger charge is -2.38. The van der Waals surface area contributed by atoms with Crippen LogP contribution >= 0.6 is 23.2 Å². The average molecular weight is 542 g/mol. The van der Waals surface area contributed by atoms with Gasteiger partial charge in [-0.2, -0.15) is 0 Å². The molecule has 0 bridgehead atoms. The lowest BCUT2D eigenvalue weighted by Crippen LogP contribution is -2.47. The molecular formula is C27H26Cl2FN5O2. The largest absolute Gasteiger partial charge is 0.467 e. The fourth-order valence-electron chi connectivity index (χ4n) is 5.53. The van der Waals surface area contributed by atoms with Crippen LogP contribution in [0.2, 0.25) is 10.0 Å². The molecule has 37 heavy (non-hydrogen) atoms. The minimum Gasteiger partial charge on any atom is -0.467 e. The first kappa shape index (κ1) is 24.4. The summed E-state index contributed by atoms with van der Waals surface area (Å²) in [6.07, 6.45) is 4.95. The van der Waals surface area contributed by atoms with Gasteiger partial charge in [0.2, 0.25) is 5.91 Å². The third kappa shape index (κ3) is 4.21. The summed E-state index contributed by atoms with van der Waals surface area (Å²) in [7, 11) is 0. The Labute approximate surface area is 224 Å². The van der Waals surface area contributed by atoms with E-state index in [-0.39, 0.29) is 27.7 Å². The first-order valence-corrected chi connectivity index (χ1v) is 13.2. The smallest absolute Gasteiger partial charge is 0.258 e. The standard InChI is InChI=1S/C27H26Cl2FN5O2/c1-14(22-18(28)5-6-19(30)23(22)29)37-25-24(31)32-13-21(33-25)15-2-7-20-17(12-15)27(26(36)34-20)8-10-35(11-9-27)16-3-4-16/h2,5-7,12-14,16H,3-4,8-11H2,1H3,(H2,31,32)(H,34,36)/t14-/m1/s1. The summed E-state index contributed by atoms with van der Waals surface area (Å²) in [5.74, 6) is -0.354. The van der Waals surface area contributed by atoms with E-state index in [0.29, 0.717) is 17.3 Å². The van der Waals surface area contributed by atoms with E-state index in [1.807, 2.05) is 18.2 Å². The van der Waals surface area contributed by atoms with Crippen LogP contribution in [0.25, 0.3) is 11.3 Å². The fraction of sp³-hybridized carbons (Fsp3) is 0.370. The Kier molecular flexibility index (Phi) is 6.01. The highest BCUT2D eigenvalue weighted by Gasteiger charge is 2.49. The van der Waals surface area contributed by atoms with Crippen LogP contribution in [0.5, 0.6) is 5.88 Å².